The maximum absolute atomic E-state index is 6.03. The third-order valence-corrected chi connectivity index (χ3v) is 6.51. The Kier molecular flexibility index (Phi) is 7.17. The number of hydrogen-bond acceptors (Lipinski definition) is 5. The molecule has 0 atom stereocenters. The quantitative estimate of drug-likeness (QED) is 0.607. The first kappa shape index (κ1) is 19.9. The molecule has 2 aliphatic rings. The van der Waals surface area contributed by atoms with E-state index in [0.29, 0.717) is 0 Å². The van der Waals surface area contributed by atoms with Crippen LogP contribution in [0.25, 0.3) is 0 Å². The van der Waals surface area contributed by atoms with Crippen LogP contribution in [0.1, 0.15) is 17.7 Å². The molecule has 8 heteroatoms. The van der Waals surface area contributed by atoms with E-state index in [2.05, 4.69) is 26.2 Å². The first-order valence-electron chi connectivity index (χ1n) is 9.19. The number of guanidine groups is 1. The maximum Gasteiger partial charge on any atom is 0.193 e. The van der Waals surface area contributed by atoms with Gasteiger partial charge in [0.15, 0.2) is 5.96 Å². The second-order valence-electron chi connectivity index (χ2n) is 6.87. The summed E-state index contributed by atoms with van der Waals surface area (Å²) >= 11 is 7.70. The number of methoxy groups -OCH3 is 1. The molecule has 2 saturated heterocycles. The molecule has 0 unspecified atom stereocenters. The lowest BCUT2D eigenvalue weighted by atomic mass is 9.94. The summed E-state index contributed by atoms with van der Waals surface area (Å²) < 4.78 is 12.2. The lowest BCUT2D eigenvalue weighted by molar-refractivity contribution is -0.0858. The third-order valence-electron chi connectivity index (χ3n) is 5.30. The zero-order valence-electron chi connectivity index (χ0n) is 15.7. The summed E-state index contributed by atoms with van der Waals surface area (Å²) in [4.78, 5) is 10.6. The normalized spacial score (nSPS) is 21.8. The predicted molar refractivity (Wildman–Crippen MR) is 107 cm³/mol. The van der Waals surface area contributed by atoms with E-state index < -0.39 is 0 Å². The van der Waals surface area contributed by atoms with Gasteiger partial charge in [-0.05, 0) is 12.1 Å². The van der Waals surface area contributed by atoms with Crippen molar-refractivity contribution in [2.75, 3.05) is 60.1 Å². The van der Waals surface area contributed by atoms with Crippen molar-refractivity contribution in [1.82, 2.24) is 15.1 Å². The fraction of sp³-hybridized carbons (Fsp3) is 0.722. The Labute approximate surface area is 165 Å². The monoisotopic (exact) mass is 400 g/mol. The molecule has 1 aromatic rings. The lowest BCUT2D eigenvalue weighted by Crippen LogP contribution is -2.55. The van der Waals surface area contributed by atoms with Gasteiger partial charge in [-0.1, -0.05) is 11.6 Å². The van der Waals surface area contributed by atoms with Gasteiger partial charge in [-0.25, -0.2) is 0 Å². The van der Waals surface area contributed by atoms with Crippen molar-refractivity contribution in [3.05, 3.63) is 21.3 Å². The number of nitrogens with zero attached hydrogens (tertiary/aromatic N) is 3. The third kappa shape index (κ3) is 5.10. The fourth-order valence-corrected chi connectivity index (χ4v) is 4.67. The van der Waals surface area contributed by atoms with Crippen molar-refractivity contribution in [3.63, 3.8) is 0 Å². The van der Waals surface area contributed by atoms with Gasteiger partial charge in [-0.15, -0.1) is 11.3 Å². The van der Waals surface area contributed by atoms with Gasteiger partial charge in [0.25, 0.3) is 0 Å². The predicted octanol–water partition coefficient (Wildman–Crippen LogP) is 2.29. The first-order valence-corrected chi connectivity index (χ1v) is 10.4. The Morgan fingerprint density at radius 3 is 2.62 bits per heavy atom. The minimum Gasteiger partial charge on any atom is -0.381 e. The summed E-state index contributed by atoms with van der Waals surface area (Å²) in [6.45, 7) is 7.28. The number of hydrogen-bond donors (Lipinski definition) is 1. The van der Waals surface area contributed by atoms with Crippen LogP contribution in [-0.2, 0) is 16.0 Å². The van der Waals surface area contributed by atoms with Crippen LogP contribution in [0.2, 0.25) is 4.34 Å². The van der Waals surface area contributed by atoms with E-state index in [1.807, 2.05) is 13.1 Å². The average molecular weight is 401 g/mol. The summed E-state index contributed by atoms with van der Waals surface area (Å²) in [5.41, 5.74) is -0.144. The molecule has 0 saturated carbocycles. The van der Waals surface area contributed by atoms with Gasteiger partial charge < -0.3 is 19.7 Å². The van der Waals surface area contributed by atoms with Crippen LogP contribution in [0.15, 0.2) is 17.1 Å². The van der Waals surface area contributed by atoms with Crippen molar-refractivity contribution in [2.24, 2.45) is 4.99 Å². The molecule has 3 heterocycles. The van der Waals surface area contributed by atoms with Crippen molar-refractivity contribution >= 4 is 28.9 Å². The van der Waals surface area contributed by atoms with Crippen molar-refractivity contribution in [3.8, 4) is 0 Å². The molecule has 6 nitrogen and oxygen atoms in total. The molecule has 1 aromatic heterocycles. The highest BCUT2D eigenvalue weighted by Crippen LogP contribution is 2.24. The van der Waals surface area contributed by atoms with E-state index in [9.17, 15) is 0 Å². The van der Waals surface area contributed by atoms with Crippen LogP contribution in [0.3, 0.4) is 0 Å². The lowest BCUT2D eigenvalue weighted by Gasteiger charge is -2.39. The van der Waals surface area contributed by atoms with Gasteiger partial charge in [0.2, 0.25) is 0 Å². The number of halogens is 1. The van der Waals surface area contributed by atoms with Crippen LogP contribution in [0.5, 0.6) is 0 Å². The number of ether oxygens (including phenoxy) is 2. The van der Waals surface area contributed by atoms with Gasteiger partial charge in [0, 0.05) is 84.4 Å². The molecule has 0 aliphatic carbocycles. The molecule has 1 N–H and O–H groups in total. The van der Waals surface area contributed by atoms with Crippen LogP contribution >= 0.6 is 22.9 Å². The molecule has 2 fully saturated rings. The molecule has 0 aromatic carbocycles. The SMILES string of the molecule is CN=C(NCC1(OC)CCOCC1)N1CCN(Cc2ccc(Cl)s2)CC1. The Hall–Kier alpha value is -0.860. The first-order chi connectivity index (χ1) is 12.6. The van der Waals surface area contributed by atoms with Gasteiger partial charge in [-0.2, -0.15) is 0 Å². The molecule has 0 spiro atoms. The summed E-state index contributed by atoms with van der Waals surface area (Å²) in [5, 5.41) is 3.53. The zero-order valence-corrected chi connectivity index (χ0v) is 17.2. The standard InChI is InChI=1S/C18H29ClN4O2S/c1-20-17(21-14-18(24-2)5-11-25-12-6-18)23-9-7-22(8-10-23)13-15-3-4-16(19)26-15/h3-4H,5-14H2,1-2H3,(H,20,21). The largest absolute Gasteiger partial charge is 0.381 e. The van der Waals surface area contributed by atoms with Crippen molar-refractivity contribution in [1.29, 1.82) is 0 Å². The van der Waals surface area contributed by atoms with Crippen LogP contribution in [0, 0.1) is 0 Å². The van der Waals surface area contributed by atoms with E-state index in [4.69, 9.17) is 21.1 Å². The Bertz CT molecular complexity index is 596. The van der Waals surface area contributed by atoms with Crippen LogP contribution < -0.4 is 5.32 Å². The number of rotatable bonds is 5. The molecule has 0 amide bonds. The second-order valence-corrected chi connectivity index (χ2v) is 8.67. The van der Waals surface area contributed by atoms with Gasteiger partial charge in [0.05, 0.1) is 9.94 Å². The summed E-state index contributed by atoms with van der Waals surface area (Å²) in [7, 11) is 3.65. The zero-order chi connectivity index (χ0) is 18.4. The summed E-state index contributed by atoms with van der Waals surface area (Å²) in [6.07, 6.45) is 1.84. The molecular formula is C18H29ClN4O2S. The molecule has 2 aliphatic heterocycles. The molecular weight excluding hydrogens is 372 g/mol. The van der Waals surface area contributed by atoms with Gasteiger partial charge >= 0.3 is 0 Å². The van der Waals surface area contributed by atoms with E-state index in [1.54, 1.807) is 18.4 Å². The Morgan fingerprint density at radius 2 is 2.04 bits per heavy atom. The molecule has 0 bridgehead atoms. The van der Waals surface area contributed by atoms with E-state index in [0.717, 1.165) is 75.6 Å². The maximum atomic E-state index is 6.03. The van der Waals surface area contributed by atoms with E-state index >= 15 is 0 Å². The number of piperazine rings is 1. The second kappa shape index (κ2) is 9.37. The minimum absolute atomic E-state index is 0.144. The number of aliphatic imine (C=N–C) groups is 1. The number of thiophene rings is 1. The van der Waals surface area contributed by atoms with Crippen molar-refractivity contribution < 1.29 is 9.47 Å². The van der Waals surface area contributed by atoms with Crippen LogP contribution in [-0.4, -0.2) is 81.5 Å². The van der Waals surface area contributed by atoms with E-state index in [-0.39, 0.29) is 5.60 Å². The molecule has 26 heavy (non-hydrogen) atoms. The van der Waals surface area contributed by atoms with Crippen LogP contribution in [0.4, 0.5) is 0 Å². The Balaban J connectivity index is 1.47. The van der Waals surface area contributed by atoms with Crippen molar-refractivity contribution in [2.45, 2.75) is 25.0 Å². The molecule has 146 valence electrons. The highest BCUT2D eigenvalue weighted by atomic mass is 35.5. The fourth-order valence-electron chi connectivity index (χ4n) is 3.54. The van der Waals surface area contributed by atoms with Gasteiger partial charge in [-0.3, -0.25) is 9.89 Å². The smallest absolute Gasteiger partial charge is 0.193 e. The topological polar surface area (TPSA) is 49.3 Å². The van der Waals surface area contributed by atoms with Gasteiger partial charge in [0.1, 0.15) is 0 Å². The number of nitrogens with one attached hydrogen (secondary N) is 1. The summed E-state index contributed by atoms with van der Waals surface area (Å²) in [6, 6.07) is 4.10. The molecule has 0 radical (unpaired) electrons. The highest BCUT2D eigenvalue weighted by Gasteiger charge is 2.33. The minimum atomic E-state index is -0.144. The average Bonchev–Trinajstić information content (AvgIpc) is 3.09. The molecule has 3 rings (SSSR count). The summed E-state index contributed by atoms with van der Waals surface area (Å²) in [5.74, 6) is 0.965. The van der Waals surface area contributed by atoms with E-state index in [1.165, 1.54) is 4.88 Å². The highest BCUT2D eigenvalue weighted by molar-refractivity contribution is 7.16. The Morgan fingerprint density at radius 1 is 1.31 bits per heavy atom.